The maximum absolute atomic E-state index is 13.2. The summed E-state index contributed by atoms with van der Waals surface area (Å²) in [5, 5.41) is 26.4. The largest absolute Gasteiger partial charge is 2.00 e. The van der Waals surface area contributed by atoms with Gasteiger partial charge in [-0.15, -0.1) is 11.5 Å². The zero-order valence-electron chi connectivity index (χ0n) is 27.4. The second-order valence-corrected chi connectivity index (χ2v) is 13.4. The molecule has 40 heavy (non-hydrogen) atoms. The van der Waals surface area contributed by atoms with E-state index in [1.54, 1.807) is 7.11 Å². The van der Waals surface area contributed by atoms with Crippen LogP contribution < -0.4 is 10.2 Å². The maximum Gasteiger partial charge on any atom is 2.00 e. The van der Waals surface area contributed by atoms with Crippen molar-refractivity contribution in [1.82, 2.24) is 14.7 Å². The van der Waals surface area contributed by atoms with Gasteiger partial charge in [0.25, 0.3) is 0 Å². The first-order chi connectivity index (χ1) is 17.9. The average molecular weight is 715 g/mol. The van der Waals surface area contributed by atoms with Gasteiger partial charge in [0.2, 0.25) is 0 Å². The molecule has 0 unspecified atom stereocenters. The van der Waals surface area contributed by atoms with E-state index in [-0.39, 0.29) is 69.3 Å². The zero-order chi connectivity index (χ0) is 30.1. The molecule has 2 aromatic carbocycles. The second kappa shape index (κ2) is 17.5. The van der Waals surface area contributed by atoms with Gasteiger partial charge in [0, 0.05) is 39.8 Å². The smallest absolute Gasteiger partial charge is 0.872 e. The average Bonchev–Trinajstić information content (AvgIpc) is 2.79. The molecule has 2 rings (SSSR count). The van der Waals surface area contributed by atoms with E-state index in [1.807, 2.05) is 38.1 Å². The molecule has 6 nitrogen and oxygen atoms in total. The molecule has 0 spiro atoms. The van der Waals surface area contributed by atoms with Gasteiger partial charge in [-0.05, 0) is 75.1 Å². The van der Waals surface area contributed by atoms with Crippen molar-refractivity contribution in [2.75, 3.05) is 61.5 Å². The molecule has 0 N–H and O–H groups in total. The summed E-state index contributed by atoms with van der Waals surface area (Å²) in [6.45, 7) is 20.9. The van der Waals surface area contributed by atoms with Gasteiger partial charge in [-0.2, -0.15) is 0 Å². The fourth-order valence-corrected chi connectivity index (χ4v) is 4.36. The molecular weight excluding hydrogens is 659 g/mol. The minimum Gasteiger partial charge on any atom is -0.872 e. The third-order valence-electron chi connectivity index (χ3n) is 6.63. The summed E-state index contributed by atoms with van der Waals surface area (Å²) in [5.41, 5.74) is 4.97. The number of benzene rings is 2. The van der Waals surface area contributed by atoms with Crippen LogP contribution in [0.4, 0.5) is 0 Å². The number of nitrogens with zero attached hydrogens (tertiary/aromatic N) is 3. The van der Waals surface area contributed by atoms with Crippen LogP contribution in [-0.2, 0) is 28.7 Å². The molecule has 0 heterocycles. The van der Waals surface area contributed by atoms with Gasteiger partial charge in [-0.3, -0.25) is 4.90 Å². The standard InChI is InChI=1S/C27H41NO3.C6H16N2.Yb/c1-18-12-20(24(29)22(14-18)26(3,4)5)16-28(10-11-31-9)17-21-13-19(2)15-23(25(21)30)27(6,7)8;1-7(2)5-6-8(3)4;/h12-15,29-30H,10-11,16-17H2,1-9H3;5-6H2,1-4H3;/q;;+2/p-2. The molecule has 0 atom stereocenters. The molecule has 234 valence electrons. The molecule has 2 aromatic rings. The normalized spacial score (nSPS) is 12.0. The molecule has 0 aliphatic heterocycles. The van der Waals surface area contributed by atoms with E-state index in [2.05, 4.69) is 84.4 Å². The number of rotatable bonds is 10. The van der Waals surface area contributed by atoms with Crippen molar-refractivity contribution in [1.29, 1.82) is 0 Å². The molecule has 0 radical (unpaired) electrons. The van der Waals surface area contributed by atoms with Crippen molar-refractivity contribution in [3.8, 4) is 11.5 Å². The Morgan fingerprint density at radius 3 is 1.27 bits per heavy atom. The first-order valence-corrected chi connectivity index (χ1v) is 14.0. The SMILES string of the molecule is CN(C)CCN(C)C.COCCN(Cc1cc(C)cc(C(C)(C)C)c1[O-])Cc1cc(C)cc(C(C)(C)C)c1[O-].[Yb+2]. The Bertz CT molecular complexity index is 961. The second-order valence-electron chi connectivity index (χ2n) is 13.4. The van der Waals surface area contributed by atoms with E-state index in [0.717, 1.165) is 46.5 Å². The Kier molecular flexibility index (Phi) is 17.2. The summed E-state index contributed by atoms with van der Waals surface area (Å²) in [7, 11) is 10.0. The molecule has 0 aliphatic rings. The van der Waals surface area contributed by atoms with Gasteiger partial charge >= 0.3 is 46.9 Å². The number of ether oxygens (including phenoxy) is 1. The van der Waals surface area contributed by atoms with E-state index in [1.165, 1.54) is 0 Å². The Labute approximate surface area is 284 Å². The molecule has 0 bridgehead atoms. The Morgan fingerprint density at radius 1 is 0.650 bits per heavy atom. The van der Waals surface area contributed by atoms with Crippen molar-refractivity contribution < 1.29 is 61.9 Å². The van der Waals surface area contributed by atoms with Crippen LogP contribution in [0.2, 0.25) is 0 Å². The van der Waals surface area contributed by atoms with Crippen molar-refractivity contribution in [3.05, 3.63) is 57.6 Å². The van der Waals surface area contributed by atoms with Crippen LogP contribution in [-0.4, -0.2) is 76.2 Å². The van der Waals surface area contributed by atoms with E-state index in [9.17, 15) is 10.2 Å². The predicted molar refractivity (Wildman–Crippen MR) is 162 cm³/mol. The Hall–Kier alpha value is -0.601. The van der Waals surface area contributed by atoms with Gasteiger partial charge in [0.05, 0.1) is 6.61 Å². The number of hydrogen-bond donors (Lipinski definition) is 0. The molecule has 0 fully saturated rings. The zero-order valence-corrected chi connectivity index (χ0v) is 29.1. The molecule has 7 heteroatoms. The summed E-state index contributed by atoms with van der Waals surface area (Å²) in [5.74, 6) is 0.199. The maximum atomic E-state index is 13.2. The fraction of sp³-hybridized carbons (Fsp3) is 0.636. The number of hydrogen-bond acceptors (Lipinski definition) is 6. The van der Waals surface area contributed by atoms with E-state index < -0.39 is 0 Å². The minimum atomic E-state index is -0.213. The Morgan fingerprint density at radius 2 is 1.00 bits per heavy atom. The molecule has 0 saturated carbocycles. The molecule has 0 saturated heterocycles. The van der Waals surface area contributed by atoms with Gasteiger partial charge in [-0.1, -0.05) is 76.9 Å². The summed E-state index contributed by atoms with van der Waals surface area (Å²) in [6.07, 6.45) is 0. The van der Waals surface area contributed by atoms with Crippen molar-refractivity contribution in [2.45, 2.75) is 79.3 Å². The number of methoxy groups -OCH3 is 1. The molecular formula is C33H55N3O3Yb. The summed E-state index contributed by atoms with van der Waals surface area (Å²) in [6, 6.07) is 7.95. The van der Waals surface area contributed by atoms with E-state index >= 15 is 0 Å². The fourth-order valence-electron chi connectivity index (χ4n) is 4.36. The van der Waals surface area contributed by atoms with Crippen LogP contribution in [0.15, 0.2) is 24.3 Å². The van der Waals surface area contributed by atoms with Gasteiger partial charge in [-0.25, -0.2) is 0 Å². The third-order valence-corrected chi connectivity index (χ3v) is 6.63. The van der Waals surface area contributed by atoms with Crippen LogP contribution in [0.1, 0.15) is 74.9 Å². The van der Waals surface area contributed by atoms with Crippen molar-refractivity contribution >= 4 is 0 Å². The third kappa shape index (κ3) is 13.6. The monoisotopic (exact) mass is 715 g/mol. The molecule has 0 amide bonds. The van der Waals surface area contributed by atoms with Crippen LogP contribution in [0.25, 0.3) is 0 Å². The Balaban J connectivity index is 0.00000147. The van der Waals surface area contributed by atoms with Crippen LogP contribution in [0.5, 0.6) is 11.5 Å². The summed E-state index contributed by atoms with van der Waals surface area (Å²) >= 11 is 0. The summed E-state index contributed by atoms with van der Waals surface area (Å²) < 4.78 is 5.31. The van der Waals surface area contributed by atoms with E-state index in [4.69, 9.17) is 4.74 Å². The van der Waals surface area contributed by atoms with Crippen LogP contribution in [0.3, 0.4) is 0 Å². The summed E-state index contributed by atoms with van der Waals surface area (Å²) in [4.78, 5) is 6.51. The number of likely N-dealkylation sites (N-methyl/N-ethyl adjacent to an activating group) is 2. The minimum absolute atomic E-state index is 0. The first kappa shape index (κ1) is 39.4. The molecule has 0 aliphatic carbocycles. The van der Waals surface area contributed by atoms with Gasteiger partial charge < -0.3 is 24.7 Å². The predicted octanol–water partition coefficient (Wildman–Crippen LogP) is 4.80. The van der Waals surface area contributed by atoms with Crippen LogP contribution >= 0.6 is 0 Å². The molecule has 0 aromatic heterocycles. The van der Waals surface area contributed by atoms with Crippen molar-refractivity contribution in [3.63, 3.8) is 0 Å². The van der Waals surface area contributed by atoms with Gasteiger partial charge in [0.15, 0.2) is 0 Å². The van der Waals surface area contributed by atoms with E-state index in [0.29, 0.717) is 26.2 Å². The number of aryl methyl sites for hydroxylation is 2. The van der Waals surface area contributed by atoms with Crippen LogP contribution in [0, 0.1) is 60.8 Å². The first-order valence-electron chi connectivity index (χ1n) is 14.0. The van der Waals surface area contributed by atoms with Crippen molar-refractivity contribution in [2.24, 2.45) is 0 Å². The topological polar surface area (TPSA) is 65.1 Å². The van der Waals surface area contributed by atoms with Gasteiger partial charge in [0.1, 0.15) is 0 Å². The quantitative estimate of drug-likeness (QED) is 0.353.